The number of aliphatic imine (C=N–C) groups is 1. The van der Waals surface area contributed by atoms with E-state index in [9.17, 15) is 4.79 Å². The molecular formula is C20H38IN3O4. The van der Waals surface area contributed by atoms with E-state index in [4.69, 9.17) is 14.2 Å². The van der Waals surface area contributed by atoms with Crippen LogP contribution in [0.2, 0.25) is 0 Å². The second-order valence-corrected chi connectivity index (χ2v) is 7.15. The van der Waals surface area contributed by atoms with Crippen LogP contribution < -0.4 is 5.32 Å². The maximum absolute atomic E-state index is 11.4. The fraction of sp³-hybridized carbons (Fsp3) is 0.900. The molecule has 0 saturated carbocycles. The molecule has 0 aliphatic carbocycles. The van der Waals surface area contributed by atoms with Gasteiger partial charge in [0.2, 0.25) is 0 Å². The van der Waals surface area contributed by atoms with E-state index in [1.165, 1.54) is 12.8 Å². The van der Waals surface area contributed by atoms with Crippen LogP contribution in [0.3, 0.4) is 0 Å². The Bertz CT molecular complexity index is 451. The number of hydrogen-bond donors (Lipinski definition) is 1. The molecule has 2 aliphatic rings. The van der Waals surface area contributed by atoms with Crippen LogP contribution in [0.4, 0.5) is 0 Å². The van der Waals surface area contributed by atoms with Crippen molar-refractivity contribution < 1.29 is 19.0 Å². The van der Waals surface area contributed by atoms with Gasteiger partial charge in [-0.05, 0) is 52.4 Å². The molecule has 1 N–H and O–H groups in total. The average molecular weight is 511 g/mol. The number of guanidine groups is 1. The quantitative estimate of drug-likeness (QED) is 0.169. The Morgan fingerprint density at radius 2 is 2.00 bits per heavy atom. The third kappa shape index (κ3) is 9.73. The number of carbonyl (C=O) groups is 1. The average Bonchev–Trinajstić information content (AvgIpc) is 2.70. The van der Waals surface area contributed by atoms with Gasteiger partial charge in [0, 0.05) is 39.2 Å². The zero-order valence-electron chi connectivity index (χ0n) is 17.5. The molecule has 0 amide bonds. The first-order chi connectivity index (χ1) is 13.2. The van der Waals surface area contributed by atoms with Gasteiger partial charge in [0.15, 0.2) is 5.96 Å². The molecule has 0 bridgehead atoms. The van der Waals surface area contributed by atoms with Crippen LogP contribution in [0.5, 0.6) is 0 Å². The summed E-state index contributed by atoms with van der Waals surface area (Å²) in [6.07, 6.45) is 7.34. The summed E-state index contributed by atoms with van der Waals surface area (Å²) in [6, 6.07) is 0. The molecule has 0 aromatic rings. The van der Waals surface area contributed by atoms with Gasteiger partial charge in [0.05, 0.1) is 25.4 Å². The standard InChI is InChI=1S/C20H37N3O4.HI/c1-3-21-20(22-12-7-9-19(24)25-4-2)23-13-10-17(11-14-23)27-16-18-8-5-6-15-26-18;/h17-18H,3-16H2,1-2H3,(H,21,22);1H. The summed E-state index contributed by atoms with van der Waals surface area (Å²) in [6.45, 7) is 9.32. The highest BCUT2D eigenvalue weighted by atomic mass is 127. The summed E-state index contributed by atoms with van der Waals surface area (Å²) in [5, 5.41) is 3.36. The van der Waals surface area contributed by atoms with Crippen molar-refractivity contribution in [2.75, 3.05) is 46.0 Å². The molecule has 8 heteroatoms. The van der Waals surface area contributed by atoms with E-state index < -0.39 is 0 Å². The molecule has 1 unspecified atom stereocenters. The third-order valence-electron chi connectivity index (χ3n) is 4.97. The predicted molar refractivity (Wildman–Crippen MR) is 121 cm³/mol. The number of nitrogens with one attached hydrogen (secondary N) is 1. The van der Waals surface area contributed by atoms with Crippen LogP contribution in [0, 0.1) is 0 Å². The van der Waals surface area contributed by atoms with Gasteiger partial charge < -0.3 is 24.4 Å². The lowest BCUT2D eigenvalue weighted by molar-refractivity contribution is -0.143. The first kappa shape index (κ1) is 25.4. The number of carbonyl (C=O) groups excluding carboxylic acids is 1. The lowest BCUT2D eigenvalue weighted by Crippen LogP contribution is -2.47. The monoisotopic (exact) mass is 511 g/mol. The molecule has 7 nitrogen and oxygen atoms in total. The topological polar surface area (TPSA) is 72.4 Å². The van der Waals surface area contributed by atoms with Crippen molar-refractivity contribution >= 4 is 35.9 Å². The number of ether oxygens (including phenoxy) is 3. The number of esters is 1. The van der Waals surface area contributed by atoms with E-state index in [1.807, 2.05) is 6.92 Å². The Morgan fingerprint density at radius 1 is 1.21 bits per heavy atom. The minimum absolute atomic E-state index is 0. The Hall–Kier alpha value is -0.610. The summed E-state index contributed by atoms with van der Waals surface area (Å²) in [5.74, 6) is 0.799. The Kier molecular flexibility index (Phi) is 13.9. The summed E-state index contributed by atoms with van der Waals surface area (Å²) >= 11 is 0. The van der Waals surface area contributed by atoms with Crippen molar-refractivity contribution in [2.45, 2.75) is 71.0 Å². The molecule has 1 atom stereocenters. The van der Waals surface area contributed by atoms with Gasteiger partial charge in [-0.3, -0.25) is 9.79 Å². The van der Waals surface area contributed by atoms with Crippen LogP contribution in [-0.4, -0.2) is 75.0 Å². The Morgan fingerprint density at radius 3 is 2.64 bits per heavy atom. The highest BCUT2D eigenvalue weighted by Crippen LogP contribution is 2.18. The summed E-state index contributed by atoms with van der Waals surface area (Å²) in [5.41, 5.74) is 0. The van der Waals surface area contributed by atoms with Gasteiger partial charge in [0.25, 0.3) is 0 Å². The van der Waals surface area contributed by atoms with Crippen LogP contribution in [-0.2, 0) is 19.0 Å². The van der Waals surface area contributed by atoms with Crippen molar-refractivity contribution in [3.8, 4) is 0 Å². The largest absolute Gasteiger partial charge is 0.466 e. The van der Waals surface area contributed by atoms with Crippen molar-refractivity contribution in [3.63, 3.8) is 0 Å². The Labute approximate surface area is 187 Å². The minimum Gasteiger partial charge on any atom is -0.466 e. The van der Waals surface area contributed by atoms with Crippen LogP contribution >= 0.6 is 24.0 Å². The number of hydrogen-bond acceptors (Lipinski definition) is 5. The van der Waals surface area contributed by atoms with E-state index in [0.717, 1.165) is 58.1 Å². The van der Waals surface area contributed by atoms with Crippen LogP contribution in [0.15, 0.2) is 4.99 Å². The smallest absolute Gasteiger partial charge is 0.305 e. The second kappa shape index (κ2) is 15.3. The van der Waals surface area contributed by atoms with E-state index in [1.54, 1.807) is 0 Å². The van der Waals surface area contributed by atoms with Gasteiger partial charge in [-0.2, -0.15) is 0 Å². The van der Waals surface area contributed by atoms with E-state index >= 15 is 0 Å². The van der Waals surface area contributed by atoms with Gasteiger partial charge >= 0.3 is 5.97 Å². The lowest BCUT2D eigenvalue weighted by atomic mass is 10.1. The molecule has 0 spiro atoms. The van der Waals surface area contributed by atoms with Gasteiger partial charge in [-0.1, -0.05) is 0 Å². The third-order valence-corrected chi connectivity index (χ3v) is 4.97. The molecule has 0 aromatic carbocycles. The number of rotatable bonds is 9. The molecule has 2 saturated heterocycles. The van der Waals surface area contributed by atoms with E-state index in [-0.39, 0.29) is 36.0 Å². The predicted octanol–water partition coefficient (Wildman–Crippen LogP) is 2.96. The zero-order chi connectivity index (χ0) is 19.3. The molecule has 2 fully saturated rings. The molecular weight excluding hydrogens is 473 g/mol. The first-order valence-electron chi connectivity index (χ1n) is 10.6. The van der Waals surface area contributed by atoms with Gasteiger partial charge in [-0.15, -0.1) is 24.0 Å². The van der Waals surface area contributed by atoms with Crippen molar-refractivity contribution in [1.82, 2.24) is 10.2 Å². The number of nitrogens with zero attached hydrogens (tertiary/aromatic N) is 2. The number of piperidine rings is 1. The number of likely N-dealkylation sites (tertiary alicyclic amines) is 1. The van der Waals surface area contributed by atoms with Crippen LogP contribution in [0.1, 0.15) is 58.8 Å². The molecule has 0 radical (unpaired) electrons. The SMILES string of the molecule is CCNC(=NCCCC(=O)OCC)N1CCC(OCC2CCCCO2)CC1.I. The summed E-state index contributed by atoms with van der Waals surface area (Å²) in [7, 11) is 0. The fourth-order valence-corrected chi connectivity index (χ4v) is 3.48. The van der Waals surface area contributed by atoms with E-state index in [0.29, 0.717) is 32.1 Å². The fourth-order valence-electron chi connectivity index (χ4n) is 3.48. The zero-order valence-corrected chi connectivity index (χ0v) is 19.8. The Balaban J connectivity index is 0.00000392. The second-order valence-electron chi connectivity index (χ2n) is 7.15. The molecule has 2 aliphatic heterocycles. The minimum atomic E-state index is -0.141. The maximum Gasteiger partial charge on any atom is 0.305 e. The first-order valence-corrected chi connectivity index (χ1v) is 10.6. The molecule has 28 heavy (non-hydrogen) atoms. The molecule has 0 aromatic heterocycles. The highest BCUT2D eigenvalue weighted by Gasteiger charge is 2.23. The lowest BCUT2D eigenvalue weighted by Gasteiger charge is -2.35. The highest BCUT2D eigenvalue weighted by molar-refractivity contribution is 14.0. The normalized spacial score (nSPS) is 21.1. The molecule has 2 rings (SSSR count). The van der Waals surface area contributed by atoms with Crippen molar-refractivity contribution in [3.05, 3.63) is 0 Å². The number of halogens is 1. The van der Waals surface area contributed by atoms with Crippen molar-refractivity contribution in [2.24, 2.45) is 4.99 Å². The van der Waals surface area contributed by atoms with Crippen LogP contribution in [0.25, 0.3) is 0 Å². The van der Waals surface area contributed by atoms with E-state index in [2.05, 4.69) is 22.1 Å². The maximum atomic E-state index is 11.4. The summed E-state index contributed by atoms with van der Waals surface area (Å²) < 4.78 is 16.8. The van der Waals surface area contributed by atoms with Crippen molar-refractivity contribution in [1.29, 1.82) is 0 Å². The molecule has 164 valence electrons. The molecule has 2 heterocycles. The van der Waals surface area contributed by atoms with Gasteiger partial charge in [-0.25, -0.2) is 0 Å². The summed E-state index contributed by atoms with van der Waals surface area (Å²) in [4.78, 5) is 18.4. The van der Waals surface area contributed by atoms with Gasteiger partial charge in [0.1, 0.15) is 0 Å².